The van der Waals surface area contributed by atoms with Crippen LogP contribution in [0.4, 0.5) is 5.69 Å². The quantitative estimate of drug-likeness (QED) is 0.446. The summed E-state index contributed by atoms with van der Waals surface area (Å²) < 4.78 is 28.2. The van der Waals surface area contributed by atoms with Gasteiger partial charge in [-0.1, -0.05) is 42.5 Å². The molecule has 0 radical (unpaired) electrons. The van der Waals surface area contributed by atoms with E-state index in [-0.39, 0.29) is 24.3 Å². The lowest BCUT2D eigenvalue weighted by atomic mass is 9.87. The van der Waals surface area contributed by atoms with E-state index in [1.807, 2.05) is 12.1 Å². The number of carbonyl (C=O) groups excluding carboxylic acids is 1. The molecule has 1 amide bonds. The van der Waals surface area contributed by atoms with Gasteiger partial charge in [-0.15, -0.1) is 0 Å². The standard InChI is InChI=1S/C26H29N3O5S/c1-25(24(31)32)13-4-5-14-29(25)23(30)26(28,17-18-7-6-10-21(27)15-18)35(33,34)22-12-11-19-8-2-3-9-20(19)16-22/h2-3,6-12,15-16H,4-5,13-14,17,27-28H2,1H3,(H,31,32)/t25?,26-/m1/s1. The van der Waals surface area contributed by atoms with Gasteiger partial charge in [-0.2, -0.15) is 0 Å². The average Bonchev–Trinajstić information content (AvgIpc) is 2.83. The van der Waals surface area contributed by atoms with Crippen molar-refractivity contribution in [1.29, 1.82) is 0 Å². The zero-order valence-electron chi connectivity index (χ0n) is 19.5. The van der Waals surface area contributed by atoms with Gasteiger partial charge in [0.1, 0.15) is 5.54 Å². The van der Waals surface area contributed by atoms with Crippen molar-refractivity contribution in [2.24, 2.45) is 5.73 Å². The maximum atomic E-state index is 14.1. The zero-order valence-corrected chi connectivity index (χ0v) is 20.3. The number of fused-ring (bicyclic) bond motifs is 1. The fourth-order valence-electron chi connectivity index (χ4n) is 4.73. The lowest BCUT2D eigenvalue weighted by Crippen LogP contribution is -2.68. The summed E-state index contributed by atoms with van der Waals surface area (Å²) >= 11 is 0. The van der Waals surface area contributed by atoms with Crippen LogP contribution in [0.15, 0.2) is 71.6 Å². The number of sulfone groups is 1. The SMILES string of the molecule is CC1(C(=O)O)CCCCN1C(=O)[C@@](N)(Cc1cccc(N)c1)S(=O)(=O)c1ccc2ccccc2c1. The number of hydrogen-bond acceptors (Lipinski definition) is 6. The number of piperidine rings is 1. The molecule has 0 spiro atoms. The molecule has 2 atom stereocenters. The Kier molecular flexibility index (Phi) is 6.33. The maximum Gasteiger partial charge on any atom is 0.329 e. The first-order valence-corrected chi connectivity index (χ1v) is 12.9. The highest BCUT2D eigenvalue weighted by atomic mass is 32.2. The minimum absolute atomic E-state index is 0.102. The fourth-order valence-corrected chi connectivity index (χ4v) is 6.38. The molecule has 9 heteroatoms. The molecule has 0 saturated carbocycles. The number of benzene rings is 3. The number of carboxylic acids is 1. The second-order valence-electron chi connectivity index (χ2n) is 9.32. The van der Waals surface area contributed by atoms with Crippen molar-refractivity contribution in [3.63, 3.8) is 0 Å². The van der Waals surface area contributed by atoms with Gasteiger partial charge in [0.25, 0.3) is 5.91 Å². The number of carbonyl (C=O) groups is 2. The Bertz CT molecular complexity index is 1410. The van der Waals surface area contributed by atoms with Gasteiger partial charge in [0, 0.05) is 18.7 Å². The van der Waals surface area contributed by atoms with Crippen molar-refractivity contribution in [1.82, 2.24) is 4.90 Å². The number of rotatable bonds is 6. The molecule has 5 N–H and O–H groups in total. The molecule has 3 aromatic carbocycles. The smallest absolute Gasteiger partial charge is 0.329 e. The highest BCUT2D eigenvalue weighted by Gasteiger charge is 2.55. The summed E-state index contributed by atoms with van der Waals surface area (Å²) in [6.45, 7) is 1.54. The van der Waals surface area contributed by atoms with Gasteiger partial charge in [0.2, 0.25) is 14.7 Å². The summed E-state index contributed by atoms with van der Waals surface area (Å²) in [6, 6.07) is 18.4. The Balaban J connectivity index is 1.88. The van der Waals surface area contributed by atoms with Crippen LogP contribution in [0.5, 0.6) is 0 Å². The van der Waals surface area contributed by atoms with Crippen LogP contribution >= 0.6 is 0 Å². The van der Waals surface area contributed by atoms with E-state index in [0.29, 0.717) is 29.5 Å². The van der Waals surface area contributed by atoms with Gasteiger partial charge in [0.05, 0.1) is 4.90 Å². The number of carboxylic acid groups (broad SMARTS) is 1. The van der Waals surface area contributed by atoms with E-state index < -0.39 is 32.1 Å². The lowest BCUT2D eigenvalue weighted by molar-refractivity contribution is -0.162. The van der Waals surface area contributed by atoms with Crippen LogP contribution in [0.2, 0.25) is 0 Å². The first kappa shape index (κ1) is 24.7. The Hall–Kier alpha value is -3.43. The summed E-state index contributed by atoms with van der Waals surface area (Å²) in [4.78, 5) is 24.8. The molecule has 184 valence electrons. The topological polar surface area (TPSA) is 144 Å². The molecule has 3 aromatic rings. The summed E-state index contributed by atoms with van der Waals surface area (Å²) in [5, 5.41) is 11.5. The van der Waals surface area contributed by atoms with Gasteiger partial charge < -0.3 is 21.5 Å². The van der Waals surface area contributed by atoms with E-state index in [2.05, 4.69) is 0 Å². The van der Waals surface area contributed by atoms with Crippen LogP contribution in [-0.2, 0) is 25.8 Å². The average molecular weight is 496 g/mol. The van der Waals surface area contributed by atoms with Crippen molar-refractivity contribution < 1.29 is 23.1 Å². The van der Waals surface area contributed by atoms with Crippen LogP contribution in [0.25, 0.3) is 10.8 Å². The molecule has 1 saturated heterocycles. The van der Waals surface area contributed by atoms with E-state index >= 15 is 0 Å². The van der Waals surface area contributed by atoms with E-state index in [1.54, 1.807) is 42.5 Å². The predicted octanol–water partition coefficient (Wildman–Crippen LogP) is 2.95. The molecular formula is C26H29N3O5S. The summed E-state index contributed by atoms with van der Waals surface area (Å²) in [7, 11) is -4.47. The number of nitrogens with zero attached hydrogens (tertiary/aromatic N) is 1. The Labute approximate surface area is 204 Å². The van der Waals surface area contributed by atoms with Gasteiger partial charge in [0.15, 0.2) is 0 Å². The van der Waals surface area contributed by atoms with Crippen molar-refractivity contribution in [2.45, 2.75) is 47.9 Å². The van der Waals surface area contributed by atoms with Gasteiger partial charge >= 0.3 is 5.97 Å². The van der Waals surface area contributed by atoms with Gasteiger partial charge in [-0.25, -0.2) is 13.2 Å². The van der Waals surface area contributed by atoms with E-state index in [1.165, 1.54) is 19.1 Å². The molecular weight excluding hydrogens is 466 g/mol. The van der Waals surface area contributed by atoms with Crippen molar-refractivity contribution in [3.8, 4) is 0 Å². The minimum Gasteiger partial charge on any atom is -0.480 e. The first-order chi connectivity index (χ1) is 16.5. The molecule has 0 aliphatic carbocycles. The first-order valence-electron chi connectivity index (χ1n) is 11.4. The normalized spacial score (nSPS) is 20.3. The second kappa shape index (κ2) is 8.98. The monoisotopic (exact) mass is 495 g/mol. The number of hydrogen-bond donors (Lipinski definition) is 3. The molecule has 0 aromatic heterocycles. The summed E-state index contributed by atoms with van der Waals surface area (Å²) in [6.07, 6.45) is 1.01. The number of nitrogens with two attached hydrogens (primary N) is 2. The lowest BCUT2D eigenvalue weighted by Gasteiger charge is -2.45. The van der Waals surface area contributed by atoms with E-state index in [9.17, 15) is 23.1 Å². The van der Waals surface area contributed by atoms with Crippen molar-refractivity contribution in [2.75, 3.05) is 12.3 Å². The largest absolute Gasteiger partial charge is 0.480 e. The fraction of sp³-hybridized carbons (Fsp3) is 0.308. The molecule has 0 bridgehead atoms. The van der Waals surface area contributed by atoms with Crippen molar-refractivity contribution in [3.05, 3.63) is 72.3 Å². The molecule has 1 aliphatic rings. The second-order valence-corrected chi connectivity index (χ2v) is 11.5. The molecule has 1 unspecified atom stereocenters. The highest BCUT2D eigenvalue weighted by molar-refractivity contribution is 7.93. The minimum atomic E-state index is -4.47. The van der Waals surface area contributed by atoms with Crippen molar-refractivity contribution >= 4 is 38.2 Å². The molecule has 35 heavy (non-hydrogen) atoms. The molecule has 1 aliphatic heterocycles. The van der Waals surface area contributed by atoms with E-state index in [4.69, 9.17) is 11.5 Å². The zero-order chi connectivity index (χ0) is 25.4. The molecule has 1 heterocycles. The van der Waals surface area contributed by atoms with Crippen LogP contribution in [0.1, 0.15) is 31.7 Å². The Morgan fingerprint density at radius 3 is 2.43 bits per heavy atom. The number of nitrogen functional groups attached to an aromatic ring is 1. The maximum absolute atomic E-state index is 14.1. The third kappa shape index (κ3) is 4.26. The predicted molar refractivity (Wildman–Crippen MR) is 134 cm³/mol. The molecule has 4 rings (SSSR count). The highest BCUT2D eigenvalue weighted by Crippen LogP contribution is 2.35. The number of amides is 1. The Morgan fingerprint density at radius 1 is 1.03 bits per heavy atom. The van der Waals surface area contributed by atoms with Crippen LogP contribution in [0.3, 0.4) is 0 Å². The van der Waals surface area contributed by atoms with E-state index in [0.717, 1.165) is 10.3 Å². The summed E-state index contributed by atoms with van der Waals surface area (Å²) in [5.41, 5.74) is 11.8. The number of anilines is 1. The van der Waals surface area contributed by atoms with Crippen LogP contribution < -0.4 is 11.5 Å². The molecule has 8 nitrogen and oxygen atoms in total. The molecule has 1 fully saturated rings. The summed E-state index contributed by atoms with van der Waals surface area (Å²) in [5.74, 6) is -2.13. The Morgan fingerprint density at radius 2 is 1.74 bits per heavy atom. The van der Waals surface area contributed by atoms with Gasteiger partial charge in [-0.3, -0.25) is 4.79 Å². The third-order valence-electron chi connectivity index (χ3n) is 6.89. The number of likely N-dealkylation sites (tertiary alicyclic amines) is 1. The number of aliphatic carboxylic acids is 1. The van der Waals surface area contributed by atoms with Crippen LogP contribution in [0, 0.1) is 0 Å². The van der Waals surface area contributed by atoms with Crippen LogP contribution in [-0.4, -0.2) is 47.3 Å². The van der Waals surface area contributed by atoms with Gasteiger partial charge in [-0.05, 0) is 66.8 Å². The third-order valence-corrected chi connectivity index (χ3v) is 9.04.